The van der Waals surface area contributed by atoms with Gasteiger partial charge in [0.2, 0.25) is 0 Å². The maximum atomic E-state index is 13.7. The maximum Gasteiger partial charge on any atom is 0.146 e. The molecule has 1 saturated heterocycles. The minimum atomic E-state index is -0.343. The number of likely N-dealkylation sites (N-methyl/N-ethyl adjacent to an activating group) is 1. The highest BCUT2D eigenvalue weighted by Crippen LogP contribution is 2.20. The zero-order valence-electron chi connectivity index (χ0n) is 11.3. The Kier molecular flexibility index (Phi) is 5.13. The van der Waals surface area contributed by atoms with Gasteiger partial charge in [-0.1, -0.05) is 12.1 Å². The minimum absolute atomic E-state index is 0.161. The van der Waals surface area contributed by atoms with Gasteiger partial charge in [-0.05, 0) is 19.2 Å². The summed E-state index contributed by atoms with van der Waals surface area (Å²) in [5.74, 6) is -0.161. The standard InChI is InChI=1S/C14H22FN3O/c1-16-10-12(19)11-17-6-8-18(9-7-17)14-5-3-2-4-13(14)15/h2-5,12,16,19H,6-11H2,1H3. The van der Waals surface area contributed by atoms with E-state index in [9.17, 15) is 9.50 Å². The first kappa shape index (κ1) is 14.2. The molecule has 1 aromatic rings. The second-order valence-corrected chi connectivity index (χ2v) is 4.95. The molecule has 0 aromatic heterocycles. The third-order valence-electron chi connectivity index (χ3n) is 3.47. The van der Waals surface area contributed by atoms with Crippen LogP contribution >= 0.6 is 0 Å². The normalized spacial score (nSPS) is 18.6. The second kappa shape index (κ2) is 6.84. The zero-order chi connectivity index (χ0) is 13.7. The molecule has 1 aromatic carbocycles. The van der Waals surface area contributed by atoms with Gasteiger partial charge in [-0.15, -0.1) is 0 Å². The Hall–Kier alpha value is -1.17. The summed E-state index contributed by atoms with van der Waals surface area (Å²) in [6, 6.07) is 6.89. The number of aliphatic hydroxyl groups is 1. The molecule has 4 nitrogen and oxygen atoms in total. The fourth-order valence-corrected chi connectivity index (χ4v) is 2.48. The fraction of sp³-hybridized carbons (Fsp3) is 0.571. The van der Waals surface area contributed by atoms with E-state index in [0.717, 1.165) is 26.2 Å². The quantitative estimate of drug-likeness (QED) is 0.816. The Morgan fingerprint density at radius 3 is 2.58 bits per heavy atom. The Labute approximate surface area is 113 Å². The molecule has 0 saturated carbocycles. The summed E-state index contributed by atoms with van der Waals surface area (Å²) in [6.07, 6.45) is -0.343. The molecule has 106 valence electrons. The number of hydrogen-bond donors (Lipinski definition) is 2. The maximum absolute atomic E-state index is 13.7. The van der Waals surface area contributed by atoms with Crippen molar-refractivity contribution in [2.24, 2.45) is 0 Å². The summed E-state index contributed by atoms with van der Waals surface area (Å²) in [7, 11) is 1.83. The summed E-state index contributed by atoms with van der Waals surface area (Å²) in [5.41, 5.74) is 0.679. The summed E-state index contributed by atoms with van der Waals surface area (Å²) >= 11 is 0. The smallest absolute Gasteiger partial charge is 0.146 e. The number of piperazine rings is 1. The van der Waals surface area contributed by atoms with Crippen molar-refractivity contribution in [2.45, 2.75) is 6.10 Å². The third kappa shape index (κ3) is 3.89. The molecule has 5 heteroatoms. The lowest BCUT2D eigenvalue weighted by Gasteiger charge is -2.37. The molecule has 1 aliphatic heterocycles. The molecule has 19 heavy (non-hydrogen) atoms. The van der Waals surface area contributed by atoms with Gasteiger partial charge in [-0.25, -0.2) is 4.39 Å². The zero-order valence-corrected chi connectivity index (χ0v) is 11.3. The summed E-state index contributed by atoms with van der Waals surface area (Å²) < 4.78 is 13.7. The average molecular weight is 267 g/mol. The van der Waals surface area contributed by atoms with Crippen LogP contribution in [0.5, 0.6) is 0 Å². The van der Waals surface area contributed by atoms with Crippen LogP contribution in [0.1, 0.15) is 0 Å². The molecular weight excluding hydrogens is 245 g/mol. The van der Waals surface area contributed by atoms with E-state index in [0.29, 0.717) is 18.8 Å². The third-order valence-corrected chi connectivity index (χ3v) is 3.47. The first-order chi connectivity index (χ1) is 9.20. The molecule has 0 spiro atoms. The second-order valence-electron chi connectivity index (χ2n) is 4.95. The number of anilines is 1. The van der Waals surface area contributed by atoms with Crippen molar-refractivity contribution < 1.29 is 9.50 Å². The number of nitrogens with one attached hydrogen (secondary N) is 1. The highest BCUT2D eigenvalue weighted by molar-refractivity contribution is 5.47. The Morgan fingerprint density at radius 2 is 1.95 bits per heavy atom. The van der Waals surface area contributed by atoms with Gasteiger partial charge < -0.3 is 15.3 Å². The summed E-state index contributed by atoms with van der Waals surface area (Å²) in [6.45, 7) is 4.59. The van der Waals surface area contributed by atoms with Crippen LogP contribution in [0.2, 0.25) is 0 Å². The molecule has 1 aliphatic rings. The van der Waals surface area contributed by atoms with Gasteiger partial charge in [0.25, 0.3) is 0 Å². The lowest BCUT2D eigenvalue weighted by molar-refractivity contribution is 0.109. The number of β-amino-alcohol motifs (C(OH)–C–C–N with tert-alkyl or cyclic N) is 1. The molecular formula is C14H22FN3O. The number of halogens is 1. The minimum Gasteiger partial charge on any atom is -0.390 e. The average Bonchev–Trinajstić information content (AvgIpc) is 2.41. The van der Waals surface area contributed by atoms with E-state index in [2.05, 4.69) is 15.1 Å². The van der Waals surface area contributed by atoms with E-state index >= 15 is 0 Å². The van der Waals surface area contributed by atoms with E-state index in [4.69, 9.17) is 0 Å². The largest absolute Gasteiger partial charge is 0.390 e. The predicted molar refractivity (Wildman–Crippen MR) is 75.0 cm³/mol. The van der Waals surface area contributed by atoms with E-state index in [1.54, 1.807) is 6.07 Å². The molecule has 0 amide bonds. The molecule has 1 unspecified atom stereocenters. The van der Waals surface area contributed by atoms with Crippen LogP contribution in [-0.4, -0.2) is 62.4 Å². The van der Waals surface area contributed by atoms with Gasteiger partial charge in [-0.3, -0.25) is 4.90 Å². The first-order valence-corrected chi connectivity index (χ1v) is 6.75. The van der Waals surface area contributed by atoms with Crippen LogP contribution in [0.3, 0.4) is 0 Å². The summed E-state index contributed by atoms with van der Waals surface area (Å²) in [5, 5.41) is 12.7. The summed E-state index contributed by atoms with van der Waals surface area (Å²) in [4.78, 5) is 4.29. The molecule has 0 radical (unpaired) electrons. The van der Waals surface area contributed by atoms with E-state index in [1.807, 2.05) is 19.2 Å². The Balaban J connectivity index is 1.84. The fourth-order valence-electron chi connectivity index (χ4n) is 2.48. The molecule has 0 bridgehead atoms. The number of rotatable bonds is 5. The number of nitrogens with zero attached hydrogens (tertiary/aromatic N) is 2. The molecule has 0 aliphatic carbocycles. The SMILES string of the molecule is CNCC(O)CN1CCN(c2ccccc2F)CC1. The monoisotopic (exact) mass is 267 g/mol. The van der Waals surface area contributed by atoms with E-state index < -0.39 is 0 Å². The van der Waals surface area contributed by atoms with Crippen molar-refractivity contribution in [3.63, 3.8) is 0 Å². The van der Waals surface area contributed by atoms with Crippen molar-refractivity contribution in [3.8, 4) is 0 Å². The molecule has 2 N–H and O–H groups in total. The van der Waals surface area contributed by atoms with Gasteiger partial charge in [-0.2, -0.15) is 0 Å². The van der Waals surface area contributed by atoms with Crippen LogP contribution in [-0.2, 0) is 0 Å². The van der Waals surface area contributed by atoms with Crippen molar-refractivity contribution in [1.29, 1.82) is 0 Å². The predicted octanol–water partition coefficient (Wildman–Crippen LogP) is 0.528. The molecule has 1 heterocycles. The van der Waals surface area contributed by atoms with E-state index in [1.165, 1.54) is 6.07 Å². The van der Waals surface area contributed by atoms with Crippen molar-refractivity contribution in [2.75, 3.05) is 51.2 Å². The highest BCUT2D eigenvalue weighted by atomic mass is 19.1. The van der Waals surface area contributed by atoms with Gasteiger partial charge in [0.05, 0.1) is 11.8 Å². The van der Waals surface area contributed by atoms with Crippen molar-refractivity contribution in [1.82, 2.24) is 10.2 Å². The van der Waals surface area contributed by atoms with Crippen LogP contribution in [0.4, 0.5) is 10.1 Å². The van der Waals surface area contributed by atoms with Crippen molar-refractivity contribution in [3.05, 3.63) is 30.1 Å². The Morgan fingerprint density at radius 1 is 1.26 bits per heavy atom. The number of para-hydroxylation sites is 1. The molecule has 1 fully saturated rings. The van der Waals surface area contributed by atoms with E-state index in [-0.39, 0.29) is 11.9 Å². The number of hydrogen-bond acceptors (Lipinski definition) is 4. The van der Waals surface area contributed by atoms with Crippen LogP contribution < -0.4 is 10.2 Å². The topological polar surface area (TPSA) is 38.7 Å². The number of benzene rings is 1. The highest BCUT2D eigenvalue weighted by Gasteiger charge is 2.20. The van der Waals surface area contributed by atoms with Gasteiger partial charge in [0.1, 0.15) is 5.82 Å². The Bertz CT molecular complexity index is 394. The lowest BCUT2D eigenvalue weighted by atomic mass is 10.2. The van der Waals surface area contributed by atoms with Crippen LogP contribution in [0, 0.1) is 5.82 Å². The van der Waals surface area contributed by atoms with Gasteiger partial charge in [0.15, 0.2) is 0 Å². The first-order valence-electron chi connectivity index (χ1n) is 6.75. The van der Waals surface area contributed by atoms with Crippen LogP contribution in [0.25, 0.3) is 0 Å². The van der Waals surface area contributed by atoms with Crippen molar-refractivity contribution >= 4 is 5.69 Å². The lowest BCUT2D eigenvalue weighted by Crippen LogP contribution is -2.49. The van der Waals surface area contributed by atoms with Crippen LogP contribution in [0.15, 0.2) is 24.3 Å². The van der Waals surface area contributed by atoms with Gasteiger partial charge in [0, 0.05) is 39.3 Å². The number of aliphatic hydroxyl groups excluding tert-OH is 1. The molecule has 2 rings (SSSR count). The van der Waals surface area contributed by atoms with Gasteiger partial charge >= 0.3 is 0 Å². The molecule has 1 atom stereocenters.